The summed E-state index contributed by atoms with van der Waals surface area (Å²) in [6.07, 6.45) is 4.66. The first-order valence-electron chi connectivity index (χ1n) is 8.91. The van der Waals surface area contributed by atoms with Crippen LogP contribution in [0.15, 0.2) is 24.3 Å². The van der Waals surface area contributed by atoms with Crippen LogP contribution >= 0.6 is 0 Å². The van der Waals surface area contributed by atoms with Crippen molar-refractivity contribution in [3.05, 3.63) is 35.5 Å². The molecule has 0 radical (unpaired) electrons. The summed E-state index contributed by atoms with van der Waals surface area (Å²) >= 11 is 0. The Labute approximate surface area is 148 Å². The van der Waals surface area contributed by atoms with Crippen LogP contribution in [0.25, 0.3) is 10.9 Å². The minimum absolute atomic E-state index is 0.0352. The van der Waals surface area contributed by atoms with Gasteiger partial charge in [0.15, 0.2) is 0 Å². The number of benzene rings is 1. The minimum Gasteiger partial charge on any atom is -0.497 e. The van der Waals surface area contributed by atoms with Crippen molar-refractivity contribution in [2.45, 2.75) is 38.7 Å². The van der Waals surface area contributed by atoms with Crippen LogP contribution in [0.1, 0.15) is 41.7 Å². The van der Waals surface area contributed by atoms with Gasteiger partial charge in [-0.05, 0) is 50.8 Å². The van der Waals surface area contributed by atoms with Gasteiger partial charge in [-0.25, -0.2) is 0 Å². The number of pyridine rings is 1. The van der Waals surface area contributed by atoms with E-state index in [1.54, 1.807) is 12.0 Å². The summed E-state index contributed by atoms with van der Waals surface area (Å²) < 4.78 is 10.9. The zero-order valence-corrected chi connectivity index (χ0v) is 15.2. The molecule has 0 spiro atoms. The highest BCUT2D eigenvalue weighted by Crippen LogP contribution is 2.24. The molecule has 3 rings (SSSR count). The molecule has 1 fully saturated rings. The molecule has 1 aromatic heterocycles. The third-order valence-corrected chi connectivity index (χ3v) is 4.77. The lowest BCUT2D eigenvalue weighted by molar-refractivity contribution is 0.0764. The minimum atomic E-state index is 0.0352. The molecule has 0 N–H and O–H groups in total. The van der Waals surface area contributed by atoms with E-state index in [1.165, 1.54) is 0 Å². The molecule has 0 aliphatic carbocycles. The number of ether oxygens (including phenoxy) is 2. The maximum absolute atomic E-state index is 12.9. The number of methoxy groups -OCH3 is 1. The van der Waals surface area contributed by atoms with Crippen LogP contribution in [0.2, 0.25) is 0 Å². The zero-order chi connectivity index (χ0) is 17.8. The average Bonchev–Trinajstić information content (AvgIpc) is 3.13. The van der Waals surface area contributed by atoms with Crippen LogP contribution in [0, 0.1) is 6.92 Å². The average molecular weight is 342 g/mol. The molecule has 5 nitrogen and oxygen atoms in total. The van der Waals surface area contributed by atoms with Crippen LogP contribution in [0.3, 0.4) is 0 Å². The summed E-state index contributed by atoms with van der Waals surface area (Å²) in [6.45, 7) is 3.52. The van der Waals surface area contributed by atoms with Crippen LogP contribution in [-0.4, -0.2) is 49.2 Å². The molecule has 2 aromatic rings. The molecular weight excluding hydrogens is 316 g/mol. The Morgan fingerprint density at radius 3 is 2.96 bits per heavy atom. The molecule has 134 valence electrons. The largest absolute Gasteiger partial charge is 0.497 e. The van der Waals surface area contributed by atoms with Gasteiger partial charge in [-0.2, -0.15) is 0 Å². The van der Waals surface area contributed by atoms with Gasteiger partial charge in [-0.1, -0.05) is 0 Å². The van der Waals surface area contributed by atoms with E-state index in [0.717, 1.165) is 61.2 Å². The molecule has 1 aromatic carbocycles. The molecule has 5 heteroatoms. The zero-order valence-electron chi connectivity index (χ0n) is 15.2. The maximum Gasteiger partial charge on any atom is 0.254 e. The molecule has 1 aliphatic rings. The Kier molecular flexibility index (Phi) is 5.53. The van der Waals surface area contributed by atoms with E-state index in [2.05, 4.69) is 4.98 Å². The van der Waals surface area contributed by atoms with Gasteiger partial charge in [0.2, 0.25) is 0 Å². The normalized spacial score (nSPS) is 17.0. The summed E-state index contributed by atoms with van der Waals surface area (Å²) in [7, 11) is 3.49. The molecular formula is C20H26N2O3. The topological polar surface area (TPSA) is 51.7 Å². The highest BCUT2D eigenvalue weighted by atomic mass is 16.5. The lowest BCUT2D eigenvalue weighted by Crippen LogP contribution is -2.28. The van der Waals surface area contributed by atoms with E-state index in [-0.39, 0.29) is 5.91 Å². The first-order chi connectivity index (χ1) is 12.1. The number of aryl methyl sites for hydroxylation is 1. The number of fused-ring (bicyclic) bond motifs is 1. The second-order valence-electron chi connectivity index (χ2n) is 6.70. The highest BCUT2D eigenvalue weighted by Gasteiger charge is 2.18. The van der Waals surface area contributed by atoms with Gasteiger partial charge < -0.3 is 14.4 Å². The predicted molar refractivity (Wildman–Crippen MR) is 98.2 cm³/mol. The van der Waals surface area contributed by atoms with E-state index in [4.69, 9.17) is 9.47 Å². The highest BCUT2D eigenvalue weighted by molar-refractivity contribution is 6.06. The lowest BCUT2D eigenvalue weighted by Gasteiger charge is -2.19. The van der Waals surface area contributed by atoms with Crippen LogP contribution in [-0.2, 0) is 4.74 Å². The SMILES string of the molecule is COc1ccc2c(C(=O)N(C)CCCC3CCCO3)cc(C)nc2c1. The number of rotatable bonds is 6. The van der Waals surface area contributed by atoms with Crippen LogP contribution in [0.5, 0.6) is 5.75 Å². The first-order valence-corrected chi connectivity index (χ1v) is 8.91. The van der Waals surface area contributed by atoms with Crippen LogP contribution < -0.4 is 4.74 Å². The second-order valence-corrected chi connectivity index (χ2v) is 6.70. The van der Waals surface area contributed by atoms with Crippen molar-refractivity contribution < 1.29 is 14.3 Å². The lowest BCUT2D eigenvalue weighted by atomic mass is 10.1. The quantitative estimate of drug-likeness (QED) is 0.805. The number of hydrogen-bond acceptors (Lipinski definition) is 4. The molecule has 2 heterocycles. The third kappa shape index (κ3) is 4.10. The van der Waals surface area contributed by atoms with Crippen molar-refractivity contribution in [2.24, 2.45) is 0 Å². The fourth-order valence-electron chi connectivity index (χ4n) is 3.38. The Morgan fingerprint density at radius 2 is 2.24 bits per heavy atom. The number of carbonyl (C=O) groups is 1. The summed E-state index contributed by atoms with van der Waals surface area (Å²) in [5.74, 6) is 0.780. The van der Waals surface area contributed by atoms with Crippen molar-refractivity contribution >= 4 is 16.8 Å². The second kappa shape index (κ2) is 7.83. The van der Waals surface area contributed by atoms with Gasteiger partial charge in [0.25, 0.3) is 5.91 Å². The van der Waals surface area contributed by atoms with Crippen LogP contribution in [0.4, 0.5) is 0 Å². The predicted octanol–water partition coefficient (Wildman–Crippen LogP) is 3.58. The molecule has 1 amide bonds. The Morgan fingerprint density at radius 1 is 1.40 bits per heavy atom. The monoisotopic (exact) mass is 342 g/mol. The Hall–Kier alpha value is -2.14. The van der Waals surface area contributed by atoms with E-state index >= 15 is 0 Å². The molecule has 1 aliphatic heterocycles. The van der Waals surface area contributed by atoms with Crippen molar-refractivity contribution in [3.8, 4) is 5.75 Å². The summed E-state index contributed by atoms with van der Waals surface area (Å²) in [4.78, 5) is 19.3. The van der Waals surface area contributed by atoms with E-state index in [9.17, 15) is 4.79 Å². The van der Waals surface area contributed by atoms with Gasteiger partial charge in [0.1, 0.15) is 5.75 Å². The Bertz CT molecular complexity index is 754. The molecule has 1 unspecified atom stereocenters. The van der Waals surface area contributed by atoms with Gasteiger partial charge in [0.05, 0.1) is 24.3 Å². The summed E-state index contributed by atoms with van der Waals surface area (Å²) in [5.41, 5.74) is 2.32. The molecule has 1 saturated heterocycles. The molecule has 25 heavy (non-hydrogen) atoms. The number of nitrogens with zero attached hydrogens (tertiary/aromatic N) is 2. The molecule has 0 saturated carbocycles. The van der Waals surface area contributed by atoms with Gasteiger partial charge >= 0.3 is 0 Å². The van der Waals surface area contributed by atoms with Gasteiger partial charge in [-0.3, -0.25) is 9.78 Å². The van der Waals surface area contributed by atoms with Gasteiger partial charge in [-0.15, -0.1) is 0 Å². The smallest absolute Gasteiger partial charge is 0.254 e. The molecule has 1 atom stereocenters. The fraction of sp³-hybridized carbons (Fsp3) is 0.500. The van der Waals surface area contributed by atoms with E-state index in [1.807, 2.05) is 38.2 Å². The molecule has 0 bridgehead atoms. The van der Waals surface area contributed by atoms with Gasteiger partial charge in [0, 0.05) is 37.3 Å². The number of aromatic nitrogens is 1. The van der Waals surface area contributed by atoms with Crippen molar-refractivity contribution in [2.75, 3.05) is 27.3 Å². The van der Waals surface area contributed by atoms with E-state index in [0.29, 0.717) is 11.7 Å². The standard InChI is InChI=1S/C20H26N2O3/c1-14-12-18(17-9-8-16(24-3)13-19(17)21-14)20(23)22(2)10-4-6-15-7-5-11-25-15/h8-9,12-13,15H,4-7,10-11H2,1-3H3. The third-order valence-electron chi connectivity index (χ3n) is 4.77. The fourth-order valence-corrected chi connectivity index (χ4v) is 3.38. The maximum atomic E-state index is 12.9. The Balaban J connectivity index is 1.73. The summed E-state index contributed by atoms with van der Waals surface area (Å²) in [6, 6.07) is 7.52. The van der Waals surface area contributed by atoms with Crippen molar-refractivity contribution in [1.29, 1.82) is 0 Å². The number of carbonyl (C=O) groups excluding carboxylic acids is 1. The van der Waals surface area contributed by atoms with Crippen molar-refractivity contribution in [3.63, 3.8) is 0 Å². The van der Waals surface area contributed by atoms with E-state index < -0.39 is 0 Å². The number of amides is 1. The van der Waals surface area contributed by atoms with Crippen molar-refractivity contribution in [1.82, 2.24) is 9.88 Å². The summed E-state index contributed by atoms with van der Waals surface area (Å²) in [5, 5.41) is 0.863. The first kappa shape index (κ1) is 17.7. The number of hydrogen-bond donors (Lipinski definition) is 0.